The second-order valence-corrected chi connectivity index (χ2v) is 5.60. The largest absolute Gasteiger partial charge is 0.366 e. The Balaban J connectivity index is 2.10. The first-order valence-corrected chi connectivity index (χ1v) is 6.19. The van der Waals surface area contributed by atoms with Gasteiger partial charge in [0.15, 0.2) is 0 Å². The molecule has 2 aliphatic heterocycles. The molecule has 2 fully saturated rings. The maximum absolute atomic E-state index is 6.35. The fraction of sp³-hybridized carbons (Fsp3) is 1.00. The lowest BCUT2D eigenvalue weighted by atomic mass is 9.87. The van der Waals surface area contributed by atoms with Crippen LogP contribution < -0.4 is 5.32 Å². The average Bonchev–Trinajstić information content (AvgIpc) is 2.16. The molecular formula is C12H24N2O. The Hall–Kier alpha value is -0.120. The predicted octanol–water partition coefficient (Wildman–Crippen LogP) is 1.24. The van der Waals surface area contributed by atoms with Crippen LogP contribution in [0.15, 0.2) is 0 Å². The summed E-state index contributed by atoms with van der Waals surface area (Å²) < 4.78 is 6.35. The average molecular weight is 212 g/mol. The molecule has 0 atom stereocenters. The summed E-state index contributed by atoms with van der Waals surface area (Å²) in [7, 11) is 0. The van der Waals surface area contributed by atoms with Gasteiger partial charge in [-0.25, -0.2) is 0 Å². The Morgan fingerprint density at radius 3 is 2.47 bits per heavy atom. The Kier molecular flexibility index (Phi) is 3.06. The molecule has 3 nitrogen and oxygen atoms in total. The summed E-state index contributed by atoms with van der Waals surface area (Å²) in [5.41, 5.74) is 0.147. The molecule has 0 aliphatic carbocycles. The number of rotatable bonds is 1. The molecule has 2 heterocycles. The van der Waals surface area contributed by atoms with E-state index in [0.29, 0.717) is 0 Å². The predicted molar refractivity (Wildman–Crippen MR) is 62.1 cm³/mol. The minimum absolute atomic E-state index is 0.0194. The number of morpholine rings is 1. The van der Waals surface area contributed by atoms with Crippen LogP contribution in [0.2, 0.25) is 0 Å². The molecule has 0 radical (unpaired) electrons. The normalized spacial score (nSPS) is 30.6. The Labute approximate surface area is 93.2 Å². The molecule has 2 aliphatic rings. The second kappa shape index (κ2) is 4.04. The number of likely N-dealkylation sites (N-methyl/N-ethyl adjacent to an activating group) is 1. The van der Waals surface area contributed by atoms with E-state index in [0.717, 1.165) is 45.6 Å². The third-order valence-corrected chi connectivity index (χ3v) is 3.57. The fourth-order valence-electron chi connectivity index (χ4n) is 3.02. The third kappa shape index (κ3) is 2.52. The minimum Gasteiger partial charge on any atom is -0.366 e. The first-order valence-electron chi connectivity index (χ1n) is 6.19. The number of piperidine rings is 1. The van der Waals surface area contributed by atoms with E-state index in [-0.39, 0.29) is 11.2 Å². The van der Waals surface area contributed by atoms with Crippen molar-refractivity contribution < 1.29 is 4.74 Å². The van der Waals surface area contributed by atoms with Crippen molar-refractivity contribution >= 4 is 0 Å². The van der Waals surface area contributed by atoms with E-state index >= 15 is 0 Å². The van der Waals surface area contributed by atoms with Crippen LogP contribution in [0.4, 0.5) is 0 Å². The summed E-state index contributed by atoms with van der Waals surface area (Å²) in [6.45, 7) is 12.2. The molecule has 0 unspecified atom stereocenters. The van der Waals surface area contributed by atoms with Gasteiger partial charge in [-0.15, -0.1) is 0 Å². The van der Waals surface area contributed by atoms with Crippen LogP contribution in [-0.2, 0) is 4.74 Å². The molecule has 1 spiro atoms. The van der Waals surface area contributed by atoms with Gasteiger partial charge < -0.3 is 10.1 Å². The van der Waals surface area contributed by atoms with E-state index in [1.165, 1.54) is 0 Å². The van der Waals surface area contributed by atoms with Crippen molar-refractivity contribution in [3.63, 3.8) is 0 Å². The van der Waals surface area contributed by atoms with E-state index < -0.39 is 0 Å². The lowest BCUT2D eigenvalue weighted by Crippen LogP contribution is -2.62. The Morgan fingerprint density at radius 2 is 1.87 bits per heavy atom. The molecule has 2 saturated heterocycles. The Morgan fingerprint density at radius 1 is 1.20 bits per heavy atom. The van der Waals surface area contributed by atoms with Crippen molar-refractivity contribution in [3.8, 4) is 0 Å². The maximum atomic E-state index is 6.35. The van der Waals surface area contributed by atoms with Crippen LogP contribution >= 0.6 is 0 Å². The molecule has 0 saturated carbocycles. The lowest BCUT2D eigenvalue weighted by Gasteiger charge is -2.51. The van der Waals surface area contributed by atoms with Crippen LogP contribution in [0.3, 0.4) is 0 Å². The topological polar surface area (TPSA) is 24.5 Å². The van der Waals surface area contributed by atoms with Crippen molar-refractivity contribution in [1.82, 2.24) is 10.2 Å². The van der Waals surface area contributed by atoms with Crippen molar-refractivity contribution in [2.45, 2.75) is 44.8 Å². The first kappa shape index (κ1) is 11.4. The number of hydrogen-bond donors (Lipinski definition) is 1. The van der Waals surface area contributed by atoms with Crippen LogP contribution in [0.25, 0.3) is 0 Å². The summed E-state index contributed by atoms with van der Waals surface area (Å²) in [6, 6.07) is 0. The lowest BCUT2D eigenvalue weighted by molar-refractivity contribution is -0.205. The summed E-state index contributed by atoms with van der Waals surface area (Å²) in [6.07, 6.45) is 2.32. The summed E-state index contributed by atoms with van der Waals surface area (Å²) >= 11 is 0. The molecule has 0 bridgehead atoms. The minimum atomic E-state index is 0.0194. The maximum Gasteiger partial charge on any atom is 0.0840 e. The molecule has 1 N–H and O–H groups in total. The zero-order valence-corrected chi connectivity index (χ0v) is 10.3. The zero-order valence-electron chi connectivity index (χ0n) is 10.3. The van der Waals surface area contributed by atoms with Crippen LogP contribution in [-0.4, -0.2) is 48.8 Å². The highest BCUT2D eigenvalue weighted by molar-refractivity contribution is 4.96. The van der Waals surface area contributed by atoms with Crippen molar-refractivity contribution in [2.75, 3.05) is 32.7 Å². The Bertz CT molecular complexity index is 222. The number of hydrogen-bond acceptors (Lipinski definition) is 3. The fourth-order valence-corrected chi connectivity index (χ4v) is 3.02. The smallest absolute Gasteiger partial charge is 0.0840 e. The van der Waals surface area contributed by atoms with Gasteiger partial charge in [-0.1, -0.05) is 6.92 Å². The van der Waals surface area contributed by atoms with E-state index in [4.69, 9.17) is 4.74 Å². The van der Waals surface area contributed by atoms with Gasteiger partial charge in [-0.05, 0) is 46.3 Å². The second-order valence-electron chi connectivity index (χ2n) is 5.60. The van der Waals surface area contributed by atoms with E-state index in [1.54, 1.807) is 0 Å². The molecule has 0 aromatic heterocycles. The molecule has 88 valence electrons. The highest BCUT2D eigenvalue weighted by Crippen LogP contribution is 2.34. The van der Waals surface area contributed by atoms with Crippen LogP contribution in [0.5, 0.6) is 0 Å². The van der Waals surface area contributed by atoms with Gasteiger partial charge in [0.05, 0.1) is 11.2 Å². The van der Waals surface area contributed by atoms with E-state index in [9.17, 15) is 0 Å². The zero-order chi connectivity index (χ0) is 10.9. The highest BCUT2D eigenvalue weighted by Gasteiger charge is 2.44. The first-order chi connectivity index (χ1) is 7.05. The standard InChI is InChI=1S/C12H24N2O/c1-4-14-9-11(2,3)15-12(10-14)5-7-13-8-6-12/h13H,4-10H2,1-3H3. The SMILES string of the molecule is CCN1CC(C)(C)OC2(CCNCC2)C1. The van der Waals surface area contributed by atoms with Crippen molar-refractivity contribution in [3.05, 3.63) is 0 Å². The van der Waals surface area contributed by atoms with Gasteiger partial charge in [0.25, 0.3) is 0 Å². The third-order valence-electron chi connectivity index (χ3n) is 3.57. The molecule has 0 aromatic carbocycles. The summed E-state index contributed by atoms with van der Waals surface area (Å²) in [5.74, 6) is 0. The van der Waals surface area contributed by atoms with Gasteiger partial charge in [0.2, 0.25) is 0 Å². The van der Waals surface area contributed by atoms with Crippen molar-refractivity contribution in [1.29, 1.82) is 0 Å². The highest BCUT2D eigenvalue weighted by atomic mass is 16.5. The van der Waals surface area contributed by atoms with Gasteiger partial charge in [0.1, 0.15) is 0 Å². The molecular weight excluding hydrogens is 188 g/mol. The van der Waals surface area contributed by atoms with E-state index in [1.807, 2.05) is 0 Å². The number of nitrogens with one attached hydrogen (secondary N) is 1. The van der Waals surface area contributed by atoms with Crippen molar-refractivity contribution in [2.24, 2.45) is 0 Å². The molecule has 3 heteroatoms. The van der Waals surface area contributed by atoms with Gasteiger partial charge in [-0.3, -0.25) is 4.90 Å². The summed E-state index contributed by atoms with van der Waals surface area (Å²) in [4.78, 5) is 2.54. The molecule has 15 heavy (non-hydrogen) atoms. The molecule has 2 rings (SSSR count). The van der Waals surface area contributed by atoms with Gasteiger partial charge in [-0.2, -0.15) is 0 Å². The summed E-state index contributed by atoms with van der Waals surface area (Å²) in [5, 5.41) is 3.42. The number of nitrogens with zero attached hydrogens (tertiary/aromatic N) is 1. The monoisotopic (exact) mass is 212 g/mol. The molecule has 0 aromatic rings. The van der Waals surface area contributed by atoms with Gasteiger partial charge in [0, 0.05) is 13.1 Å². The molecule has 0 amide bonds. The van der Waals surface area contributed by atoms with Crippen LogP contribution in [0.1, 0.15) is 33.6 Å². The van der Waals surface area contributed by atoms with Crippen LogP contribution in [0, 0.1) is 0 Å². The van der Waals surface area contributed by atoms with Gasteiger partial charge >= 0.3 is 0 Å². The quantitative estimate of drug-likeness (QED) is 0.708. The number of ether oxygens (including phenoxy) is 1. The van der Waals surface area contributed by atoms with E-state index in [2.05, 4.69) is 31.0 Å².